The van der Waals surface area contributed by atoms with Crippen molar-refractivity contribution in [2.75, 3.05) is 26.2 Å². The number of carboxylic acid groups (broad SMARTS) is 1. The van der Waals surface area contributed by atoms with E-state index in [-0.39, 0.29) is 32.7 Å². The summed E-state index contributed by atoms with van der Waals surface area (Å²) in [6.07, 6.45) is -0.862. The monoisotopic (exact) mass is 288 g/mol. The Morgan fingerprint density at radius 3 is 2.50 bits per heavy atom. The third-order valence-electron chi connectivity index (χ3n) is 3.09. The zero-order chi connectivity index (χ0) is 15.3. The van der Waals surface area contributed by atoms with E-state index in [1.54, 1.807) is 13.8 Å². The van der Waals surface area contributed by atoms with Crippen molar-refractivity contribution in [2.24, 2.45) is 0 Å². The smallest absolute Gasteiger partial charge is 0.326 e. The van der Waals surface area contributed by atoms with Crippen LogP contribution in [0.2, 0.25) is 0 Å². The molecule has 2 amide bonds. The number of aliphatic hydroxyl groups is 1. The molecule has 1 fully saturated rings. The molecule has 0 aromatic heterocycles. The molecule has 0 aromatic rings. The van der Waals surface area contributed by atoms with Crippen LogP contribution in [0.3, 0.4) is 0 Å². The second-order valence-corrected chi connectivity index (χ2v) is 4.50. The van der Waals surface area contributed by atoms with Gasteiger partial charge in [-0.15, -0.1) is 0 Å². The molecule has 0 spiro atoms. The van der Waals surface area contributed by atoms with Gasteiger partial charge in [0.2, 0.25) is 0 Å². The van der Waals surface area contributed by atoms with Crippen LogP contribution in [-0.2, 0) is 14.3 Å². The van der Waals surface area contributed by atoms with Crippen LogP contribution in [0.1, 0.15) is 20.3 Å². The van der Waals surface area contributed by atoms with E-state index in [0.717, 1.165) is 4.90 Å². The van der Waals surface area contributed by atoms with E-state index in [4.69, 9.17) is 9.84 Å². The number of rotatable bonds is 5. The molecule has 8 heteroatoms. The van der Waals surface area contributed by atoms with E-state index >= 15 is 0 Å². The Balaban J connectivity index is 2.74. The van der Waals surface area contributed by atoms with Gasteiger partial charge in [0.1, 0.15) is 12.6 Å². The molecule has 1 aliphatic rings. The Bertz CT molecular complexity index is 386. The number of hydrogen-bond donors (Lipinski definition) is 2. The van der Waals surface area contributed by atoms with Crippen LogP contribution < -0.4 is 0 Å². The maximum Gasteiger partial charge on any atom is 0.326 e. The molecule has 114 valence electrons. The number of aliphatic hydroxyl groups excluding tert-OH is 1. The van der Waals surface area contributed by atoms with Gasteiger partial charge in [0.25, 0.3) is 0 Å². The Hall–Kier alpha value is -1.83. The van der Waals surface area contributed by atoms with Gasteiger partial charge in [-0.05, 0) is 13.8 Å². The van der Waals surface area contributed by atoms with Crippen LogP contribution >= 0.6 is 0 Å². The van der Waals surface area contributed by atoms with Gasteiger partial charge in [0.15, 0.2) is 0 Å². The van der Waals surface area contributed by atoms with E-state index < -0.39 is 30.1 Å². The van der Waals surface area contributed by atoms with Gasteiger partial charge in [-0.25, -0.2) is 9.59 Å². The maximum absolute atomic E-state index is 12.2. The lowest BCUT2D eigenvalue weighted by molar-refractivity contribution is -0.143. The van der Waals surface area contributed by atoms with Gasteiger partial charge in [0.05, 0.1) is 12.7 Å². The highest BCUT2D eigenvalue weighted by molar-refractivity contribution is 5.86. The van der Waals surface area contributed by atoms with Gasteiger partial charge < -0.3 is 24.7 Å². The predicted molar refractivity (Wildman–Crippen MR) is 68.0 cm³/mol. The average molecular weight is 288 g/mol. The molecule has 1 unspecified atom stereocenters. The number of amides is 2. The summed E-state index contributed by atoms with van der Waals surface area (Å²) in [7, 11) is 0. The SMILES string of the molecule is CCOC(=O)CN(CC)C(=O)N1CC(O)C[C@H]1C(=O)O. The van der Waals surface area contributed by atoms with E-state index in [1.807, 2.05) is 0 Å². The quantitative estimate of drug-likeness (QED) is 0.661. The molecule has 0 aromatic carbocycles. The van der Waals surface area contributed by atoms with Gasteiger partial charge in [0, 0.05) is 19.5 Å². The Kier molecular flexibility index (Phi) is 5.75. The fraction of sp³-hybridized carbons (Fsp3) is 0.750. The molecular weight excluding hydrogens is 268 g/mol. The van der Waals surface area contributed by atoms with Gasteiger partial charge in [-0.3, -0.25) is 4.79 Å². The number of urea groups is 1. The number of carboxylic acids is 1. The standard InChI is InChI=1S/C12H20N2O6/c1-3-13(7-10(16)20-4-2)12(19)14-6-8(15)5-9(14)11(17)18/h8-9,15H,3-7H2,1-2H3,(H,17,18)/t8?,9-/m0/s1. The number of carbonyl (C=O) groups excluding carboxylic acids is 2. The van der Waals surface area contributed by atoms with E-state index in [9.17, 15) is 19.5 Å². The average Bonchev–Trinajstić information content (AvgIpc) is 2.78. The third kappa shape index (κ3) is 3.83. The second-order valence-electron chi connectivity index (χ2n) is 4.50. The summed E-state index contributed by atoms with van der Waals surface area (Å²) < 4.78 is 4.77. The summed E-state index contributed by atoms with van der Waals surface area (Å²) in [4.78, 5) is 37.0. The first-order chi connectivity index (χ1) is 9.40. The van der Waals surface area contributed by atoms with Crippen molar-refractivity contribution in [1.82, 2.24) is 9.80 Å². The molecule has 1 aliphatic heterocycles. The maximum atomic E-state index is 12.2. The van der Waals surface area contributed by atoms with Crippen molar-refractivity contribution >= 4 is 18.0 Å². The van der Waals surface area contributed by atoms with Crippen molar-refractivity contribution in [3.05, 3.63) is 0 Å². The number of esters is 1. The van der Waals surface area contributed by atoms with E-state index in [0.29, 0.717) is 0 Å². The number of likely N-dealkylation sites (tertiary alicyclic amines) is 1. The van der Waals surface area contributed by atoms with Crippen LogP contribution in [0.25, 0.3) is 0 Å². The molecule has 8 nitrogen and oxygen atoms in total. The number of carbonyl (C=O) groups is 3. The molecule has 0 aliphatic carbocycles. The van der Waals surface area contributed by atoms with E-state index in [1.165, 1.54) is 4.90 Å². The number of aliphatic carboxylic acids is 1. The number of ether oxygens (including phenoxy) is 1. The fourth-order valence-corrected chi connectivity index (χ4v) is 2.12. The first kappa shape index (κ1) is 16.2. The third-order valence-corrected chi connectivity index (χ3v) is 3.09. The predicted octanol–water partition coefficient (Wildman–Crippen LogP) is -0.489. The summed E-state index contributed by atoms with van der Waals surface area (Å²) in [6.45, 7) is 3.52. The van der Waals surface area contributed by atoms with Crippen LogP contribution in [0.5, 0.6) is 0 Å². The number of nitrogens with zero attached hydrogens (tertiary/aromatic N) is 2. The Labute approximate surface area is 116 Å². The second kappa shape index (κ2) is 7.09. The molecule has 0 bridgehead atoms. The lowest BCUT2D eigenvalue weighted by atomic mass is 10.2. The molecular formula is C12H20N2O6. The lowest BCUT2D eigenvalue weighted by Crippen LogP contribution is -2.49. The zero-order valence-electron chi connectivity index (χ0n) is 11.6. The Morgan fingerprint density at radius 2 is 2.00 bits per heavy atom. The molecule has 1 rings (SSSR count). The Morgan fingerprint density at radius 1 is 1.35 bits per heavy atom. The first-order valence-corrected chi connectivity index (χ1v) is 6.52. The highest BCUT2D eigenvalue weighted by atomic mass is 16.5. The first-order valence-electron chi connectivity index (χ1n) is 6.52. The molecule has 1 heterocycles. The van der Waals surface area contributed by atoms with Gasteiger partial charge in [-0.1, -0.05) is 0 Å². The summed E-state index contributed by atoms with van der Waals surface area (Å²) in [5, 5.41) is 18.6. The summed E-state index contributed by atoms with van der Waals surface area (Å²) in [5.41, 5.74) is 0. The minimum atomic E-state index is -1.16. The molecule has 0 saturated carbocycles. The summed E-state index contributed by atoms with van der Waals surface area (Å²) in [6, 6.07) is -1.64. The minimum Gasteiger partial charge on any atom is -0.480 e. The molecule has 1 saturated heterocycles. The van der Waals surface area contributed by atoms with Crippen molar-refractivity contribution in [3.63, 3.8) is 0 Å². The normalized spacial score (nSPS) is 21.6. The van der Waals surface area contributed by atoms with Crippen molar-refractivity contribution in [1.29, 1.82) is 0 Å². The minimum absolute atomic E-state index is 0.00195. The topological polar surface area (TPSA) is 107 Å². The van der Waals surface area contributed by atoms with Crippen molar-refractivity contribution in [3.8, 4) is 0 Å². The zero-order valence-corrected chi connectivity index (χ0v) is 11.6. The summed E-state index contributed by atoms with van der Waals surface area (Å²) in [5.74, 6) is -1.71. The molecule has 2 N–H and O–H groups in total. The number of β-amino-alcohol motifs (C(OH)–C–C–N with tert-alkyl or cyclic N) is 1. The van der Waals surface area contributed by atoms with Crippen LogP contribution in [0.4, 0.5) is 4.79 Å². The van der Waals surface area contributed by atoms with E-state index in [2.05, 4.69) is 0 Å². The van der Waals surface area contributed by atoms with Gasteiger partial charge >= 0.3 is 18.0 Å². The van der Waals surface area contributed by atoms with Crippen molar-refractivity contribution in [2.45, 2.75) is 32.4 Å². The van der Waals surface area contributed by atoms with Gasteiger partial charge in [-0.2, -0.15) is 0 Å². The van der Waals surface area contributed by atoms with Crippen LogP contribution in [-0.4, -0.2) is 76.4 Å². The highest BCUT2D eigenvalue weighted by Crippen LogP contribution is 2.20. The largest absolute Gasteiger partial charge is 0.480 e. The fourth-order valence-electron chi connectivity index (χ4n) is 2.12. The molecule has 2 atom stereocenters. The molecule has 0 radical (unpaired) electrons. The number of likely N-dealkylation sites (N-methyl/N-ethyl adjacent to an activating group) is 1. The molecule has 20 heavy (non-hydrogen) atoms. The number of hydrogen-bond acceptors (Lipinski definition) is 5. The van der Waals surface area contributed by atoms with Crippen LogP contribution in [0.15, 0.2) is 0 Å². The van der Waals surface area contributed by atoms with Crippen LogP contribution in [0, 0.1) is 0 Å². The highest BCUT2D eigenvalue weighted by Gasteiger charge is 2.40. The van der Waals surface area contributed by atoms with Crippen molar-refractivity contribution < 1.29 is 29.3 Å². The summed E-state index contributed by atoms with van der Waals surface area (Å²) >= 11 is 0. The lowest BCUT2D eigenvalue weighted by Gasteiger charge is -2.28.